The van der Waals surface area contributed by atoms with Crippen molar-refractivity contribution in [1.29, 1.82) is 0 Å². The van der Waals surface area contributed by atoms with Crippen LogP contribution in [0.3, 0.4) is 0 Å². The molecule has 0 unspecified atom stereocenters. The summed E-state index contributed by atoms with van der Waals surface area (Å²) in [6.07, 6.45) is 0. The zero-order valence-corrected chi connectivity index (χ0v) is 13.7. The molecule has 0 fully saturated rings. The van der Waals surface area contributed by atoms with E-state index in [-0.39, 0.29) is 20.7 Å². The van der Waals surface area contributed by atoms with Crippen molar-refractivity contribution in [1.82, 2.24) is 0 Å². The Morgan fingerprint density at radius 3 is 2.50 bits per heavy atom. The Bertz CT molecular complexity index is 783. The average molecular weight is 405 g/mol. The SMILES string of the molecule is O=C(Nc1ccc(Cl)cc1Cl)c1cc(Br)cc([N+](=O)[O-])c1[O-]. The smallest absolute Gasteiger partial charge is 0.263 e. The number of hydrogen-bond acceptors (Lipinski definition) is 4. The minimum atomic E-state index is -0.976. The van der Waals surface area contributed by atoms with Crippen LogP contribution in [0.2, 0.25) is 10.0 Å². The van der Waals surface area contributed by atoms with E-state index in [0.717, 1.165) is 6.07 Å². The lowest BCUT2D eigenvalue weighted by Gasteiger charge is -2.14. The molecule has 0 saturated carbocycles. The Morgan fingerprint density at radius 2 is 1.91 bits per heavy atom. The van der Waals surface area contributed by atoms with Crippen LogP contribution in [0.1, 0.15) is 10.4 Å². The third-order valence-electron chi connectivity index (χ3n) is 2.65. The number of amides is 1. The first kappa shape index (κ1) is 16.5. The topological polar surface area (TPSA) is 95.3 Å². The molecule has 0 aliphatic heterocycles. The molecule has 0 heterocycles. The molecule has 0 atom stereocenters. The summed E-state index contributed by atoms with van der Waals surface area (Å²) < 4.78 is 0.242. The number of benzene rings is 2. The van der Waals surface area contributed by atoms with Crippen LogP contribution in [0.15, 0.2) is 34.8 Å². The molecule has 0 spiro atoms. The van der Waals surface area contributed by atoms with Crippen molar-refractivity contribution in [3.05, 3.63) is 60.5 Å². The van der Waals surface area contributed by atoms with Gasteiger partial charge in [0.15, 0.2) is 0 Å². The number of hydrogen-bond donors (Lipinski definition) is 1. The lowest BCUT2D eigenvalue weighted by atomic mass is 10.1. The van der Waals surface area contributed by atoms with Gasteiger partial charge in [0.25, 0.3) is 11.6 Å². The predicted molar refractivity (Wildman–Crippen MR) is 84.7 cm³/mol. The fraction of sp³-hybridized carbons (Fsp3) is 0. The maximum absolute atomic E-state index is 12.2. The van der Waals surface area contributed by atoms with E-state index >= 15 is 0 Å². The molecule has 2 aromatic rings. The summed E-state index contributed by atoms with van der Waals surface area (Å²) in [6.45, 7) is 0. The van der Waals surface area contributed by atoms with Crippen LogP contribution in [0.25, 0.3) is 0 Å². The van der Waals surface area contributed by atoms with Gasteiger partial charge >= 0.3 is 0 Å². The van der Waals surface area contributed by atoms with Gasteiger partial charge in [0.05, 0.1) is 15.6 Å². The van der Waals surface area contributed by atoms with E-state index in [1.807, 2.05) is 0 Å². The van der Waals surface area contributed by atoms with Gasteiger partial charge in [-0.2, -0.15) is 0 Å². The third kappa shape index (κ3) is 3.49. The highest BCUT2D eigenvalue weighted by molar-refractivity contribution is 9.10. The van der Waals surface area contributed by atoms with E-state index in [9.17, 15) is 20.0 Å². The molecule has 1 N–H and O–H groups in total. The van der Waals surface area contributed by atoms with Gasteiger partial charge in [0.2, 0.25) is 0 Å². The highest BCUT2D eigenvalue weighted by atomic mass is 79.9. The van der Waals surface area contributed by atoms with E-state index in [2.05, 4.69) is 21.2 Å². The van der Waals surface area contributed by atoms with Crippen LogP contribution < -0.4 is 10.4 Å². The summed E-state index contributed by atoms with van der Waals surface area (Å²) >= 11 is 14.7. The summed E-state index contributed by atoms with van der Waals surface area (Å²) in [6, 6.07) is 6.62. The largest absolute Gasteiger partial charge is 0.867 e. The minimum absolute atomic E-state index is 0.179. The zero-order valence-electron chi connectivity index (χ0n) is 10.6. The molecule has 0 bridgehead atoms. The molecule has 6 nitrogen and oxygen atoms in total. The van der Waals surface area contributed by atoms with Crippen molar-refractivity contribution < 1.29 is 14.8 Å². The molecule has 2 aromatic carbocycles. The number of carbonyl (C=O) groups is 1. The number of halogens is 3. The lowest BCUT2D eigenvalue weighted by molar-refractivity contribution is -0.398. The zero-order chi connectivity index (χ0) is 16.4. The van der Waals surface area contributed by atoms with Gasteiger partial charge in [-0.3, -0.25) is 14.9 Å². The van der Waals surface area contributed by atoms with E-state index < -0.39 is 22.3 Å². The molecule has 1 amide bonds. The molecule has 9 heteroatoms. The summed E-state index contributed by atoms with van der Waals surface area (Å²) in [7, 11) is 0. The van der Waals surface area contributed by atoms with Gasteiger partial charge in [-0.15, -0.1) is 0 Å². The molecular weight excluding hydrogens is 399 g/mol. The number of anilines is 1. The Hall–Kier alpha value is -1.83. The monoisotopic (exact) mass is 403 g/mol. The minimum Gasteiger partial charge on any atom is -0.867 e. The maximum Gasteiger partial charge on any atom is 0.263 e. The van der Waals surface area contributed by atoms with Gasteiger partial charge in [0, 0.05) is 21.1 Å². The van der Waals surface area contributed by atoms with Gasteiger partial charge in [-0.05, 0) is 30.0 Å². The number of nitro groups is 1. The molecule has 0 radical (unpaired) electrons. The highest BCUT2D eigenvalue weighted by Crippen LogP contribution is 2.32. The van der Waals surface area contributed by atoms with Gasteiger partial charge in [-0.25, -0.2) is 0 Å². The number of nitrogens with one attached hydrogen (secondary N) is 1. The molecule has 0 aliphatic carbocycles. The first-order valence-corrected chi connectivity index (χ1v) is 7.26. The van der Waals surface area contributed by atoms with Crippen molar-refractivity contribution >= 4 is 56.4 Å². The molecule has 114 valence electrons. The van der Waals surface area contributed by atoms with Crippen LogP contribution in [-0.2, 0) is 0 Å². The van der Waals surface area contributed by atoms with Crippen LogP contribution in [0.4, 0.5) is 11.4 Å². The standard InChI is InChI=1S/C13H7BrCl2N2O4/c14-6-3-8(12(19)11(4-6)18(21)22)13(20)17-10-2-1-7(15)5-9(10)16/h1-5,19H,(H,17,20)/p-1. The molecule has 0 saturated heterocycles. The van der Waals surface area contributed by atoms with Crippen LogP contribution in [0.5, 0.6) is 5.75 Å². The van der Waals surface area contributed by atoms with Crippen molar-refractivity contribution in [2.45, 2.75) is 0 Å². The number of nitrogens with zero attached hydrogens (tertiary/aromatic N) is 1. The Kier molecular flexibility index (Phi) is 4.90. The van der Waals surface area contributed by atoms with Crippen LogP contribution >= 0.6 is 39.1 Å². The Morgan fingerprint density at radius 1 is 1.23 bits per heavy atom. The average Bonchev–Trinajstić information content (AvgIpc) is 2.43. The van der Waals surface area contributed by atoms with E-state index in [4.69, 9.17) is 23.2 Å². The van der Waals surface area contributed by atoms with Gasteiger partial charge in [-0.1, -0.05) is 39.1 Å². The first-order chi connectivity index (χ1) is 10.3. The number of nitro benzene ring substituents is 1. The van der Waals surface area contributed by atoms with Gasteiger partial charge < -0.3 is 10.4 Å². The molecule has 0 aromatic heterocycles. The normalized spacial score (nSPS) is 10.3. The molecule has 22 heavy (non-hydrogen) atoms. The second-order valence-corrected chi connectivity index (χ2v) is 5.90. The van der Waals surface area contributed by atoms with E-state index in [1.54, 1.807) is 0 Å². The fourth-order valence-electron chi connectivity index (χ4n) is 1.66. The van der Waals surface area contributed by atoms with E-state index in [1.165, 1.54) is 24.3 Å². The van der Waals surface area contributed by atoms with Crippen molar-refractivity contribution in [2.24, 2.45) is 0 Å². The summed E-state index contributed by atoms with van der Waals surface area (Å²) in [5.74, 6) is -1.78. The number of carbonyl (C=O) groups excluding carboxylic acids is 1. The summed E-state index contributed by atoms with van der Waals surface area (Å²) in [5, 5.41) is 25.7. The second-order valence-electron chi connectivity index (χ2n) is 4.14. The van der Waals surface area contributed by atoms with Crippen LogP contribution in [0, 0.1) is 10.1 Å². The fourth-order valence-corrected chi connectivity index (χ4v) is 2.57. The maximum atomic E-state index is 12.2. The molecular formula is C13H6BrCl2N2O4-. The second kappa shape index (κ2) is 6.51. The van der Waals surface area contributed by atoms with Crippen molar-refractivity contribution in [3.8, 4) is 5.75 Å². The third-order valence-corrected chi connectivity index (χ3v) is 3.66. The Balaban J connectivity index is 2.39. The van der Waals surface area contributed by atoms with Gasteiger partial charge in [0.1, 0.15) is 0 Å². The van der Waals surface area contributed by atoms with E-state index in [0.29, 0.717) is 5.02 Å². The lowest BCUT2D eigenvalue weighted by Crippen LogP contribution is -2.15. The highest BCUT2D eigenvalue weighted by Gasteiger charge is 2.17. The number of rotatable bonds is 3. The molecule has 0 aliphatic rings. The molecule has 2 rings (SSSR count). The van der Waals surface area contributed by atoms with Crippen molar-refractivity contribution in [3.63, 3.8) is 0 Å². The predicted octanol–water partition coefficient (Wildman–Crippen LogP) is 3.99. The first-order valence-electron chi connectivity index (χ1n) is 5.71. The summed E-state index contributed by atoms with van der Waals surface area (Å²) in [5.41, 5.74) is -0.827. The summed E-state index contributed by atoms with van der Waals surface area (Å²) in [4.78, 5) is 22.1. The van der Waals surface area contributed by atoms with Crippen LogP contribution in [-0.4, -0.2) is 10.8 Å². The Labute approximate surface area is 142 Å². The van der Waals surface area contributed by atoms with Crippen molar-refractivity contribution in [2.75, 3.05) is 5.32 Å². The quantitative estimate of drug-likeness (QED) is 0.617.